The van der Waals surface area contributed by atoms with E-state index in [1.165, 1.54) is 7.11 Å². The Morgan fingerprint density at radius 1 is 1.35 bits per heavy atom. The molecular weight excluding hydrogens is 258 g/mol. The summed E-state index contributed by atoms with van der Waals surface area (Å²) in [6.45, 7) is 2.92. The number of anilines is 1. The summed E-state index contributed by atoms with van der Waals surface area (Å²) >= 11 is 0. The smallest absolute Gasteiger partial charge is 0.339 e. The lowest BCUT2D eigenvalue weighted by Crippen LogP contribution is -2.30. The van der Waals surface area contributed by atoms with Gasteiger partial charge in [-0.2, -0.15) is 0 Å². The first-order valence-corrected chi connectivity index (χ1v) is 6.69. The van der Waals surface area contributed by atoms with Crippen LogP contribution in [0.5, 0.6) is 0 Å². The first-order chi connectivity index (χ1) is 9.61. The number of hydrogen-bond donors (Lipinski definition) is 2. The molecule has 0 atom stereocenters. The standard InChI is InChI=1S/C14H19N3O3/c1-9-11(14(19)20-2)5-6-12(17-9)15-7-8-16-13(18)10-3-4-10/h5-6,10H,3-4,7-8H2,1-2H3,(H,15,17)(H,16,18). The summed E-state index contributed by atoms with van der Waals surface area (Å²) in [5.74, 6) is 0.653. The number of ether oxygens (including phenoxy) is 1. The molecule has 0 bridgehead atoms. The predicted molar refractivity (Wildman–Crippen MR) is 74.5 cm³/mol. The summed E-state index contributed by atoms with van der Waals surface area (Å²) in [7, 11) is 1.34. The maximum Gasteiger partial charge on any atom is 0.339 e. The largest absolute Gasteiger partial charge is 0.465 e. The molecule has 0 aromatic carbocycles. The highest BCUT2D eigenvalue weighted by atomic mass is 16.5. The number of nitrogens with one attached hydrogen (secondary N) is 2. The van der Waals surface area contributed by atoms with E-state index in [9.17, 15) is 9.59 Å². The number of nitrogens with zero attached hydrogens (tertiary/aromatic N) is 1. The van der Waals surface area contributed by atoms with Crippen LogP contribution in [-0.2, 0) is 9.53 Å². The summed E-state index contributed by atoms with van der Waals surface area (Å²) in [6, 6.07) is 3.40. The number of rotatable bonds is 6. The number of esters is 1. The van der Waals surface area contributed by atoms with Crippen molar-refractivity contribution < 1.29 is 14.3 Å². The average molecular weight is 277 g/mol. The minimum absolute atomic E-state index is 0.136. The molecule has 108 valence electrons. The Hall–Kier alpha value is -2.11. The van der Waals surface area contributed by atoms with Crippen LogP contribution in [-0.4, -0.2) is 37.1 Å². The Balaban J connectivity index is 1.79. The third-order valence-electron chi connectivity index (χ3n) is 3.17. The van der Waals surface area contributed by atoms with Crippen LogP contribution in [0.4, 0.5) is 5.82 Å². The molecular formula is C14H19N3O3. The molecule has 6 heteroatoms. The van der Waals surface area contributed by atoms with Gasteiger partial charge in [0.05, 0.1) is 18.4 Å². The number of methoxy groups -OCH3 is 1. The number of aromatic nitrogens is 1. The second kappa shape index (κ2) is 6.36. The molecule has 1 aromatic heterocycles. The highest BCUT2D eigenvalue weighted by molar-refractivity contribution is 5.90. The van der Waals surface area contributed by atoms with Crippen LogP contribution in [0.2, 0.25) is 0 Å². The molecule has 1 aromatic rings. The van der Waals surface area contributed by atoms with E-state index < -0.39 is 5.97 Å². The van der Waals surface area contributed by atoms with Gasteiger partial charge in [0.25, 0.3) is 0 Å². The molecule has 6 nitrogen and oxygen atoms in total. The van der Waals surface area contributed by atoms with Gasteiger partial charge in [-0.1, -0.05) is 0 Å². The third-order valence-corrected chi connectivity index (χ3v) is 3.17. The zero-order valence-electron chi connectivity index (χ0n) is 11.7. The van der Waals surface area contributed by atoms with Crippen LogP contribution >= 0.6 is 0 Å². The Kier molecular flexibility index (Phi) is 4.55. The van der Waals surface area contributed by atoms with E-state index in [1.807, 2.05) is 0 Å². The van der Waals surface area contributed by atoms with E-state index in [0.717, 1.165) is 12.8 Å². The number of amides is 1. The van der Waals surface area contributed by atoms with Crippen molar-refractivity contribution in [1.29, 1.82) is 0 Å². The Morgan fingerprint density at radius 2 is 2.10 bits per heavy atom. The number of hydrogen-bond acceptors (Lipinski definition) is 5. The van der Waals surface area contributed by atoms with Gasteiger partial charge in [0.2, 0.25) is 5.91 Å². The van der Waals surface area contributed by atoms with Crippen molar-refractivity contribution in [3.05, 3.63) is 23.4 Å². The quantitative estimate of drug-likeness (QED) is 0.601. The van der Waals surface area contributed by atoms with Crippen LogP contribution in [0.25, 0.3) is 0 Å². The summed E-state index contributed by atoms with van der Waals surface area (Å²) in [4.78, 5) is 27.1. The molecule has 2 N–H and O–H groups in total. The lowest BCUT2D eigenvalue weighted by Gasteiger charge is -2.09. The monoisotopic (exact) mass is 277 g/mol. The molecule has 1 aliphatic carbocycles. The van der Waals surface area contributed by atoms with Gasteiger partial charge in [0, 0.05) is 19.0 Å². The zero-order chi connectivity index (χ0) is 14.5. The van der Waals surface area contributed by atoms with E-state index in [1.54, 1.807) is 19.1 Å². The molecule has 1 fully saturated rings. The first kappa shape index (κ1) is 14.3. The third kappa shape index (κ3) is 3.69. The maximum absolute atomic E-state index is 11.4. The summed E-state index contributed by atoms with van der Waals surface area (Å²) in [6.07, 6.45) is 2.02. The zero-order valence-corrected chi connectivity index (χ0v) is 11.7. The van der Waals surface area contributed by atoms with Gasteiger partial charge in [-0.05, 0) is 31.9 Å². The molecule has 0 spiro atoms. The van der Waals surface area contributed by atoms with Gasteiger partial charge < -0.3 is 15.4 Å². The number of pyridine rings is 1. The maximum atomic E-state index is 11.4. The van der Waals surface area contributed by atoms with E-state index in [0.29, 0.717) is 30.2 Å². The highest BCUT2D eigenvalue weighted by Crippen LogP contribution is 2.28. The van der Waals surface area contributed by atoms with Gasteiger partial charge in [0.15, 0.2) is 0 Å². The molecule has 0 saturated heterocycles. The van der Waals surface area contributed by atoms with Crippen LogP contribution in [0.15, 0.2) is 12.1 Å². The molecule has 1 heterocycles. The van der Waals surface area contributed by atoms with Gasteiger partial charge in [-0.25, -0.2) is 9.78 Å². The minimum Gasteiger partial charge on any atom is -0.465 e. The van der Waals surface area contributed by atoms with Crippen molar-refractivity contribution >= 4 is 17.7 Å². The van der Waals surface area contributed by atoms with Crippen molar-refractivity contribution in [1.82, 2.24) is 10.3 Å². The molecule has 0 unspecified atom stereocenters. The fraction of sp³-hybridized carbons (Fsp3) is 0.500. The molecule has 20 heavy (non-hydrogen) atoms. The van der Waals surface area contributed by atoms with E-state index in [4.69, 9.17) is 0 Å². The van der Waals surface area contributed by atoms with Crippen molar-refractivity contribution in [3.8, 4) is 0 Å². The second-order valence-electron chi connectivity index (χ2n) is 4.81. The van der Waals surface area contributed by atoms with Crippen molar-refractivity contribution in [2.45, 2.75) is 19.8 Å². The van der Waals surface area contributed by atoms with Gasteiger partial charge in [-0.3, -0.25) is 4.79 Å². The van der Waals surface area contributed by atoms with Crippen LogP contribution in [0.1, 0.15) is 28.9 Å². The van der Waals surface area contributed by atoms with E-state index in [-0.39, 0.29) is 11.8 Å². The SMILES string of the molecule is COC(=O)c1ccc(NCCNC(=O)C2CC2)nc1C. The Labute approximate surface area is 117 Å². The van der Waals surface area contributed by atoms with Crippen molar-refractivity contribution in [2.75, 3.05) is 25.5 Å². The fourth-order valence-electron chi connectivity index (χ4n) is 1.85. The molecule has 1 aliphatic rings. The first-order valence-electron chi connectivity index (χ1n) is 6.69. The van der Waals surface area contributed by atoms with Gasteiger partial charge in [-0.15, -0.1) is 0 Å². The second-order valence-corrected chi connectivity index (χ2v) is 4.81. The molecule has 0 radical (unpaired) electrons. The molecule has 1 amide bonds. The Morgan fingerprint density at radius 3 is 2.70 bits per heavy atom. The normalized spacial score (nSPS) is 13.7. The van der Waals surface area contributed by atoms with Crippen molar-refractivity contribution in [2.24, 2.45) is 5.92 Å². The van der Waals surface area contributed by atoms with Gasteiger partial charge >= 0.3 is 5.97 Å². The fourth-order valence-corrected chi connectivity index (χ4v) is 1.85. The number of aryl methyl sites for hydroxylation is 1. The van der Waals surface area contributed by atoms with Crippen molar-refractivity contribution in [3.63, 3.8) is 0 Å². The predicted octanol–water partition coefficient (Wildman–Crippen LogP) is 1.11. The molecule has 0 aliphatic heterocycles. The van der Waals surface area contributed by atoms with E-state index in [2.05, 4.69) is 20.4 Å². The number of carbonyl (C=O) groups is 2. The van der Waals surface area contributed by atoms with Crippen LogP contribution in [0, 0.1) is 12.8 Å². The van der Waals surface area contributed by atoms with Gasteiger partial charge in [0.1, 0.15) is 5.82 Å². The lowest BCUT2D eigenvalue weighted by molar-refractivity contribution is -0.122. The summed E-state index contributed by atoms with van der Waals surface area (Å²) in [5, 5.41) is 5.97. The lowest BCUT2D eigenvalue weighted by atomic mass is 10.2. The molecule has 2 rings (SSSR count). The minimum atomic E-state index is -0.391. The van der Waals surface area contributed by atoms with Crippen LogP contribution in [0.3, 0.4) is 0 Å². The molecule has 1 saturated carbocycles. The number of carbonyl (C=O) groups excluding carboxylic acids is 2. The van der Waals surface area contributed by atoms with Crippen LogP contribution < -0.4 is 10.6 Å². The summed E-state index contributed by atoms with van der Waals surface area (Å²) in [5.41, 5.74) is 1.07. The Bertz CT molecular complexity index is 512. The average Bonchev–Trinajstić information content (AvgIpc) is 3.27. The van der Waals surface area contributed by atoms with E-state index >= 15 is 0 Å². The highest BCUT2D eigenvalue weighted by Gasteiger charge is 2.28. The topological polar surface area (TPSA) is 80.3 Å². The summed E-state index contributed by atoms with van der Waals surface area (Å²) < 4.78 is 4.66.